The van der Waals surface area contributed by atoms with Gasteiger partial charge in [-0.15, -0.1) is 0 Å². The number of hydrogen-bond acceptors (Lipinski definition) is 6. The molecular formula is C19H19IN2O4. The molecule has 2 N–H and O–H groups in total. The number of ketones is 1. The van der Waals surface area contributed by atoms with Crippen LogP contribution in [-0.2, 0) is 9.53 Å². The van der Waals surface area contributed by atoms with Gasteiger partial charge in [0.1, 0.15) is 17.4 Å². The molecule has 0 bridgehead atoms. The highest BCUT2D eigenvalue weighted by atomic mass is 127. The van der Waals surface area contributed by atoms with Gasteiger partial charge in [0.25, 0.3) is 0 Å². The summed E-state index contributed by atoms with van der Waals surface area (Å²) in [5.74, 6) is 1.30. The van der Waals surface area contributed by atoms with Crippen molar-refractivity contribution >= 4 is 28.4 Å². The zero-order chi connectivity index (χ0) is 18.8. The molecule has 1 heterocycles. The molecule has 2 aliphatic rings. The Hall–Kier alpha value is -2.21. The Morgan fingerprint density at radius 1 is 1.42 bits per heavy atom. The number of Topliss-reactive ketones (excluding diaryl/α,β-unsaturated/α-hetero) is 1. The van der Waals surface area contributed by atoms with Gasteiger partial charge in [-0.1, -0.05) is 0 Å². The highest BCUT2D eigenvalue weighted by Crippen LogP contribution is 2.46. The fourth-order valence-electron chi connectivity index (χ4n) is 3.41. The van der Waals surface area contributed by atoms with Crippen molar-refractivity contribution in [3.63, 3.8) is 0 Å². The van der Waals surface area contributed by atoms with E-state index in [-0.39, 0.29) is 17.2 Å². The van der Waals surface area contributed by atoms with Gasteiger partial charge in [-0.3, -0.25) is 4.79 Å². The number of nitrogens with two attached hydrogens (primary N) is 1. The van der Waals surface area contributed by atoms with Crippen molar-refractivity contribution in [2.45, 2.75) is 32.1 Å². The summed E-state index contributed by atoms with van der Waals surface area (Å²) in [6.07, 6.45) is 1.81. The number of rotatable bonds is 4. The van der Waals surface area contributed by atoms with Crippen molar-refractivity contribution in [1.29, 1.82) is 5.26 Å². The Morgan fingerprint density at radius 3 is 2.85 bits per heavy atom. The monoisotopic (exact) mass is 466 g/mol. The van der Waals surface area contributed by atoms with Gasteiger partial charge in [0.05, 0.1) is 23.2 Å². The first-order valence-corrected chi connectivity index (χ1v) is 9.43. The molecule has 0 aromatic heterocycles. The summed E-state index contributed by atoms with van der Waals surface area (Å²) in [7, 11) is 1.58. The van der Waals surface area contributed by atoms with E-state index in [9.17, 15) is 10.1 Å². The van der Waals surface area contributed by atoms with E-state index in [4.69, 9.17) is 19.9 Å². The van der Waals surface area contributed by atoms with Crippen LogP contribution >= 0.6 is 22.6 Å². The Bertz CT molecular complexity index is 867. The smallest absolute Gasteiger partial charge is 0.205 e. The molecule has 1 atom stereocenters. The Labute approximate surface area is 165 Å². The fourth-order valence-corrected chi connectivity index (χ4v) is 4.25. The van der Waals surface area contributed by atoms with Crippen LogP contribution in [0.2, 0.25) is 0 Å². The van der Waals surface area contributed by atoms with E-state index in [1.165, 1.54) is 0 Å². The van der Waals surface area contributed by atoms with Crippen molar-refractivity contribution in [2.24, 2.45) is 5.73 Å². The number of ether oxygens (including phenoxy) is 3. The molecule has 0 spiro atoms. The van der Waals surface area contributed by atoms with Gasteiger partial charge in [0, 0.05) is 18.4 Å². The van der Waals surface area contributed by atoms with Gasteiger partial charge in [0.2, 0.25) is 5.88 Å². The van der Waals surface area contributed by atoms with E-state index in [1.54, 1.807) is 7.11 Å². The normalized spacial score (nSPS) is 19.6. The lowest BCUT2D eigenvalue weighted by Gasteiger charge is -2.31. The molecule has 26 heavy (non-hydrogen) atoms. The lowest BCUT2D eigenvalue weighted by Crippen LogP contribution is -2.27. The second kappa shape index (κ2) is 7.58. The van der Waals surface area contributed by atoms with Crippen molar-refractivity contribution < 1.29 is 19.0 Å². The molecule has 0 saturated heterocycles. The average Bonchev–Trinajstić information content (AvgIpc) is 2.61. The van der Waals surface area contributed by atoms with E-state index >= 15 is 0 Å². The molecule has 3 rings (SSSR count). The van der Waals surface area contributed by atoms with E-state index in [1.807, 2.05) is 19.1 Å². The van der Waals surface area contributed by atoms with Gasteiger partial charge < -0.3 is 19.9 Å². The molecule has 1 aromatic rings. The molecule has 0 saturated carbocycles. The number of carbonyl (C=O) groups excluding carboxylic acids is 1. The molecule has 1 aliphatic heterocycles. The molecular weight excluding hydrogens is 447 g/mol. The molecule has 0 unspecified atom stereocenters. The lowest BCUT2D eigenvalue weighted by molar-refractivity contribution is -0.116. The molecule has 0 amide bonds. The molecule has 0 fully saturated rings. The summed E-state index contributed by atoms with van der Waals surface area (Å²) in [5, 5.41) is 9.65. The first-order valence-electron chi connectivity index (χ1n) is 8.35. The lowest BCUT2D eigenvalue weighted by atomic mass is 9.77. The zero-order valence-corrected chi connectivity index (χ0v) is 16.8. The van der Waals surface area contributed by atoms with Crippen LogP contribution in [0.5, 0.6) is 11.5 Å². The Morgan fingerprint density at radius 2 is 2.19 bits per heavy atom. The maximum atomic E-state index is 12.6. The van der Waals surface area contributed by atoms with Crippen molar-refractivity contribution in [3.05, 3.63) is 44.1 Å². The number of allylic oxidation sites excluding steroid dienone is 3. The zero-order valence-electron chi connectivity index (χ0n) is 14.6. The predicted molar refractivity (Wildman–Crippen MR) is 103 cm³/mol. The van der Waals surface area contributed by atoms with Crippen LogP contribution in [-0.4, -0.2) is 19.5 Å². The van der Waals surface area contributed by atoms with Gasteiger partial charge in [0.15, 0.2) is 17.3 Å². The maximum absolute atomic E-state index is 12.6. The summed E-state index contributed by atoms with van der Waals surface area (Å²) in [4.78, 5) is 12.6. The van der Waals surface area contributed by atoms with Crippen LogP contribution in [0.1, 0.15) is 37.7 Å². The predicted octanol–water partition coefficient (Wildman–Crippen LogP) is 3.51. The molecule has 7 heteroatoms. The third-order valence-electron chi connectivity index (χ3n) is 4.47. The van der Waals surface area contributed by atoms with Crippen molar-refractivity contribution in [1.82, 2.24) is 0 Å². The third-order valence-corrected chi connectivity index (χ3v) is 5.28. The molecule has 136 valence electrons. The summed E-state index contributed by atoms with van der Waals surface area (Å²) >= 11 is 2.16. The Kier molecular flexibility index (Phi) is 5.41. The molecule has 1 aliphatic carbocycles. The Balaban J connectivity index is 2.21. The molecule has 1 aromatic carbocycles. The topological polar surface area (TPSA) is 94.6 Å². The first-order chi connectivity index (χ1) is 12.5. The van der Waals surface area contributed by atoms with E-state index in [2.05, 4.69) is 28.7 Å². The number of halogens is 1. The summed E-state index contributed by atoms with van der Waals surface area (Å²) in [6.45, 7) is 2.36. The van der Waals surface area contributed by atoms with Crippen LogP contribution in [0.3, 0.4) is 0 Å². The number of nitriles is 1. The summed E-state index contributed by atoms with van der Waals surface area (Å²) < 4.78 is 17.6. The fraction of sp³-hybridized carbons (Fsp3) is 0.368. The number of carbonyl (C=O) groups is 1. The van der Waals surface area contributed by atoms with E-state index in [0.29, 0.717) is 42.3 Å². The average molecular weight is 466 g/mol. The highest BCUT2D eigenvalue weighted by molar-refractivity contribution is 14.1. The second-order valence-electron chi connectivity index (χ2n) is 6.01. The van der Waals surface area contributed by atoms with Gasteiger partial charge in [-0.25, -0.2) is 0 Å². The van der Waals surface area contributed by atoms with Gasteiger partial charge >= 0.3 is 0 Å². The van der Waals surface area contributed by atoms with Crippen LogP contribution < -0.4 is 15.2 Å². The molecule has 6 nitrogen and oxygen atoms in total. The molecule has 0 radical (unpaired) electrons. The van der Waals surface area contributed by atoms with E-state index in [0.717, 1.165) is 15.6 Å². The minimum atomic E-state index is -0.546. The second-order valence-corrected chi connectivity index (χ2v) is 7.17. The summed E-state index contributed by atoms with van der Waals surface area (Å²) in [6, 6.07) is 5.84. The van der Waals surface area contributed by atoms with Crippen LogP contribution in [0, 0.1) is 14.9 Å². The highest BCUT2D eigenvalue weighted by Gasteiger charge is 2.38. The van der Waals surface area contributed by atoms with Gasteiger partial charge in [-0.2, -0.15) is 5.26 Å². The van der Waals surface area contributed by atoms with E-state index < -0.39 is 5.92 Å². The summed E-state index contributed by atoms with van der Waals surface area (Å²) in [5.41, 5.74) is 7.54. The number of hydrogen-bond donors (Lipinski definition) is 1. The van der Waals surface area contributed by atoms with Crippen molar-refractivity contribution in [2.75, 3.05) is 13.7 Å². The van der Waals surface area contributed by atoms with Gasteiger partial charge in [-0.05, 0) is 53.6 Å². The maximum Gasteiger partial charge on any atom is 0.205 e. The van der Waals surface area contributed by atoms with Crippen molar-refractivity contribution in [3.8, 4) is 17.6 Å². The number of benzene rings is 1. The SMILES string of the molecule is CCOc1cc([C@H]2C(C#N)=C(N)OC3=C2C(=O)CCC3)cc(I)c1OC. The standard InChI is InChI=1S/C19H19IN2O4/c1-3-25-15-8-10(7-12(20)18(15)24-2)16-11(9-21)19(22)26-14-6-4-5-13(23)17(14)16/h7-8,16H,3-6,22H2,1-2H3/t16-/m0/s1. The largest absolute Gasteiger partial charge is 0.492 e. The number of nitrogens with zero attached hydrogens (tertiary/aromatic N) is 1. The van der Waals surface area contributed by atoms with Crippen LogP contribution in [0.15, 0.2) is 34.9 Å². The quantitative estimate of drug-likeness (QED) is 0.683. The first kappa shape index (κ1) is 18.6. The van der Waals surface area contributed by atoms with Crippen LogP contribution in [0.25, 0.3) is 0 Å². The third kappa shape index (κ3) is 3.14. The van der Waals surface area contributed by atoms with Crippen LogP contribution in [0.4, 0.5) is 0 Å². The minimum Gasteiger partial charge on any atom is -0.492 e. The minimum absolute atomic E-state index is 0.000265. The number of methoxy groups -OCH3 is 1.